The SMILES string of the molecule is CCN(Cc1ccccc1)c1cc(C(=O)N2CCN(C(C)=O)CC2)nc(C)n1. The van der Waals surface area contributed by atoms with Gasteiger partial charge in [-0.05, 0) is 19.4 Å². The molecule has 0 atom stereocenters. The van der Waals surface area contributed by atoms with Crippen LogP contribution in [0.1, 0.15) is 35.7 Å². The number of hydrogen-bond donors (Lipinski definition) is 0. The van der Waals surface area contributed by atoms with Gasteiger partial charge in [-0.25, -0.2) is 9.97 Å². The fourth-order valence-corrected chi connectivity index (χ4v) is 3.37. The molecule has 0 aliphatic carbocycles. The minimum atomic E-state index is -0.106. The van der Waals surface area contributed by atoms with E-state index < -0.39 is 0 Å². The van der Waals surface area contributed by atoms with Gasteiger partial charge in [0, 0.05) is 52.3 Å². The fourth-order valence-electron chi connectivity index (χ4n) is 3.37. The lowest BCUT2D eigenvalue weighted by atomic mass is 10.2. The Balaban J connectivity index is 1.77. The Hall–Kier alpha value is -2.96. The van der Waals surface area contributed by atoms with E-state index in [1.54, 1.807) is 22.8 Å². The van der Waals surface area contributed by atoms with E-state index in [4.69, 9.17) is 0 Å². The van der Waals surface area contributed by atoms with Crippen LogP contribution in [-0.2, 0) is 11.3 Å². The van der Waals surface area contributed by atoms with Crippen molar-refractivity contribution in [2.45, 2.75) is 27.3 Å². The second kappa shape index (κ2) is 8.82. The van der Waals surface area contributed by atoms with Gasteiger partial charge in [-0.15, -0.1) is 0 Å². The van der Waals surface area contributed by atoms with Crippen LogP contribution in [0.25, 0.3) is 0 Å². The van der Waals surface area contributed by atoms with Gasteiger partial charge in [-0.1, -0.05) is 30.3 Å². The molecule has 7 heteroatoms. The first-order valence-corrected chi connectivity index (χ1v) is 9.67. The van der Waals surface area contributed by atoms with Crippen molar-refractivity contribution in [1.82, 2.24) is 19.8 Å². The monoisotopic (exact) mass is 381 g/mol. The molecule has 28 heavy (non-hydrogen) atoms. The smallest absolute Gasteiger partial charge is 0.272 e. The maximum absolute atomic E-state index is 13.0. The minimum Gasteiger partial charge on any atom is -0.352 e. The van der Waals surface area contributed by atoms with E-state index in [9.17, 15) is 9.59 Å². The zero-order valence-corrected chi connectivity index (χ0v) is 16.8. The van der Waals surface area contributed by atoms with E-state index in [-0.39, 0.29) is 11.8 Å². The van der Waals surface area contributed by atoms with Crippen molar-refractivity contribution in [3.05, 3.63) is 53.5 Å². The van der Waals surface area contributed by atoms with Crippen LogP contribution in [0.4, 0.5) is 5.82 Å². The van der Waals surface area contributed by atoms with E-state index in [1.807, 2.05) is 25.1 Å². The molecule has 0 saturated carbocycles. The molecule has 2 aromatic rings. The second-order valence-corrected chi connectivity index (χ2v) is 6.96. The zero-order valence-electron chi connectivity index (χ0n) is 16.8. The Morgan fingerprint density at radius 1 is 1.04 bits per heavy atom. The number of benzene rings is 1. The topological polar surface area (TPSA) is 69.6 Å². The van der Waals surface area contributed by atoms with E-state index in [1.165, 1.54) is 5.56 Å². The molecule has 148 valence electrons. The molecule has 2 heterocycles. The van der Waals surface area contributed by atoms with Crippen molar-refractivity contribution in [3.8, 4) is 0 Å². The van der Waals surface area contributed by atoms with Gasteiger partial charge in [0.1, 0.15) is 17.3 Å². The highest BCUT2D eigenvalue weighted by atomic mass is 16.2. The molecular weight excluding hydrogens is 354 g/mol. The summed E-state index contributed by atoms with van der Waals surface area (Å²) in [4.78, 5) is 39.0. The van der Waals surface area contributed by atoms with Gasteiger partial charge in [0.2, 0.25) is 5.91 Å². The number of carbonyl (C=O) groups is 2. The molecule has 0 unspecified atom stereocenters. The molecular formula is C21H27N5O2. The molecule has 1 aliphatic heterocycles. The predicted molar refractivity (Wildman–Crippen MR) is 108 cm³/mol. The quantitative estimate of drug-likeness (QED) is 0.793. The normalized spacial score (nSPS) is 14.1. The second-order valence-electron chi connectivity index (χ2n) is 6.96. The molecule has 1 aromatic heterocycles. The van der Waals surface area contributed by atoms with Gasteiger partial charge in [0.05, 0.1) is 0 Å². The zero-order chi connectivity index (χ0) is 20.1. The first-order chi connectivity index (χ1) is 13.5. The van der Waals surface area contributed by atoms with Gasteiger partial charge >= 0.3 is 0 Å². The van der Waals surface area contributed by atoms with Gasteiger partial charge in [-0.3, -0.25) is 9.59 Å². The standard InChI is InChI=1S/C21H27N5O2/c1-4-24(15-18-8-6-5-7-9-18)20-14-19(22-16(2)23-20)21(28)26-12-10-25(11-13-26)17(3)27/h5-9,14H,4,10-13,15H2,1-3H3. The number of aryl methyl sites for hydroxylation is 1. The Kier molecular flexibility index (Phi) is 6.23. The van der Waals surface area contributed by atoms with Crippen LogP contribution in [0, 0.1) is 6.92 Å². The largest absolute Gasteiger partial charge is 0.352 e. The highest BCUT2D eigenvalue weighted by Gasteiger charge is 2.25. The van der Waals surface area contributed by atoms with E-state index in [0.717, 1.165) is 18.9 Å². The minimum absolute atomic E-state index is 0.0479. The van der Waals surface area contributed by atoms with E-state index in [0.29, 0.717) is 37.7 Å². The van der Waals surface area contributed by atoms with E-state index in [2.05, 4.69) is 33.9 Å². The number of aromatic nitrogens is 2. The van der Waals surface area contributed by atoms with Crippen molar-refractivity contribution in [1.29, 1.82) is 0 Å². The summed E-state index contributed by atoms with van der Waals surface area (Å²) >= 11 is 0. The van der Waals surface area contributed by atoms with Gasteiger partial charge < -0.3 is 14.7 Å². The molecule has 0 bridgehead atoms. The highest BCUT2D eigenvalue weighted by Crippen LogP contribution is 2.18. The number of amides is 2. The van der Waals surface area contributed by atoms with Crippen molar-refractivity contribution in [2.24, 2.45) is 0 Å². The summed E-state index contributed by atoms with van der Waals surface area (Å²) in [7, 11) is 0. The summed E-state index contributed by atoms with van der Waals surface area (Å²) in [6.45, 7) is 9.11. The molecule has 3 rings (SSSR count). The number of hydrogen-bond acceptors (Lipinski definition) is 5. The van der Waals surface area contributed by atoms with Crippen LogP contribution in [-0.4, -0.2) is 64.3 Å². The fraction of sp³-hybridized carbons (Fsp3) is 0.429. The molecule has 0 spiro atoms. The Morgan fingerprint density at radius 3 is 2.29 bits per heavy atom. The first kappa shape index (κ1) is 19.8. The third-order valence-electron chi connectivity index (χ3n) is 4.98. The summed E-state index contributed by atoms with van der Waals surface area (Å²) in [5.41, 5.74) is 1.60. The van der Waals surface area contributed by atoms with Gasteiger partial charge in [-0.2, -0.15) is 0 Å². The third kappa shape index (κ3) is 4.65. The van der Waals surface area contributed by atoms with Crippen molar-refractivity contribution >= 4 is 17.6 Å². The average molecular weight is 381 g/mol. The van der Waals surface area contributed by atoms with Crippen LogP contribution < -0.4 is 4.90 Å². The predicted octanol–water partition coefficient (Wildman–Crippen LogP) is 2.12. The maximum atomic E-state index is 13.0. The first-order valence-electron chi connectivity index (χ1n) is 9.67. The Labute approximate surface area is 166 Å². The number of rotatable bonds is 5. The van der Waals surface area contributed by atoms with Gasteiger partial charge in [0.15, 0.2) is 0 Å². The number of anilines is 1. The van der Waals surface area contributed by atoms with E-state index >= 15 is 0 Å². The Bertz CT molecular complexity index is 832. The molecule has 1 saturated heterocycles. The molecule has 2 amide bonds. The lowest BCUT2D eigenvalue weighted by Crippen LogP contribution is -2.50. The molecule has 1 fully saturated rings. The van der Waals surface area contributed by atoms with Crippen LogP contribution in [0.3, 0.4) is 0 Å². The number of piperazine rings is 1. The highest BCUT2D eigenvalue weighted by molar-refractivity contribution is 5.93. The van der Waals surface area contributed by atoms with Crippen LogP contribution in [0.5, 0.6) is 0 Å². The number of carbonyl (C=O) groups excluding carboxylic acids is 2. The number of nitrogens with zero attached hydrogens (tertiary/aromatic N) is 5. The summed E-state index contributed by atoms with van der Waals surface area (Å²) in [6.07, 6.45) is 0. The molecule has 0 radical (unpaired) electrons. The summed E-state index contributed by atoms with van der Waals surface area (Å²) in [5.74, 6) is 1.27. The van der Waals surface area contributed by atoms with Crippen molar-refractivity contribution < 1.29 is 9.59 Å². The molecule has 7 nitrogen and oxygen atoms in total. The Morgan fingerprint density at radius 2 is 1.68 bits per heavy atom. The van der Waals surface area contributed by atoms with Gasteiger partial charge in [0.25, 0.3) is 5.91 Å². The third-order valence-corrected chi connectivity index (χ3v) is 4.98. The molecule has 1 aliphatic rings. The lowest BCUT2D eigenvalue weighted by Gasteiger charge is -2.34. The maximum Gasteiger partial charge on any atom is 0.272 e. The van der Waals surface area contributed by atoms with Crippen LogP contribution >= 0.6 is 0 Å². The lowest BCUT2D eigenvalue weighted by molar-refractivity contribution is -0.130. The van der Waals surface area contributed by atoms with Crippen LogP contribution in [0.15, 0.2) is 36.4 Å². The van der Waals surface area contributed by atoms with Crippen molar-refractivity contribution in [3.63, 3.8) is 0 Å². The average Bonchev–Trinajstić information content (AvgIpc) is 2.71. The van der Waals surface area contributed by atoms with Crippen molar-refractivity contribution in [2.75, 3.05) is 37.6 Å². The molecule has 1 aromatic carbocycles. The summed E-state index contributed by atoms with van der Waals surface area (Å²) in [6, 6.07) is 12.0. The molecule has 0 N–H and O–H groups in total. The summed E-state index contributed by atoms with van der Waals surface area (Å²) < 4.78 is 0. The summed E-state index contributed by atoms with van der Waals surface area (Å²) in [5, 5.41) is 0. The van der Waals surface area contributed by atoms with Crippen LogP contribution in [0.2, 0.25) is 0 Å².